The molecule has 0 aromatic carbocycles. The van der Waals surface area contributed by atoms with E-state index in [4.69, 9.17) is 28.0 Å². The van der Waals surface area contributed by atoms with E-state index >= 15 is 0 Å². The van der Waals surface area contributed by atoms with E-state index in [1.54, 1.807) is 6.26 Å². The fourth-order valence-electron chi connectivity index (χ4n) is 0.947. The van der Waals surface area contributed by atoms with Crippen LogP contribution < -0.4 is 5.06 Å². The Bertz CT molecular complexity index is 348. The molecule has 1 aromatic heterocycles. The molecule has 13 heavy (non-hydrogen) atoms. The van der Waals surface area contributed by atoms with E-state index in [1.165, 1.54) is 11.3 Å². The standard InChI is InChI=1S/C7H5Cl2N3O/c8-5-4-10-7(9)11-6(5)12-2-1-3-13-12/h1,3-4H,2H2. The van der Waals surface area contributed by atoms with Gasteiger partial charge in [-0.3, -0.25) is 0 Å². The van der Waals surface area contributed by atoms with Crippen LogP contribution >= 0.6 is 23.2 Å². The number of nitrogens with zero attached hydrogens (tertiary/aromatic N) is 3. The largest absolute Gasteiger partial charge is 0.386 e. The summed E-state index contributed by atoms with van der Waals surface area (Å²) in [6.07, 6.45) is 4.84. The average Bonchev–Trinajstić information content (AvgIpc) is 2.61. The van der Waals surface area contributed by atoms with Gasteiger partial charge in [0.1, 0.15) is 11.3 Å². The molecule has 0 spiro atoms. The van der Waals surface area contributed by atoms with Gasteiger partial charge in [-0.15, -0.1) is 0 Å². The maximum Gasteiger partial charge on any atom is 0.224 e. The zero-order chi connectivity index (χ0) is 9.26. The molecule has 6 heteroatoms. The monoisotopic (exact) mass is 217 g/mol. The first-order valence-electron chi connectivity index (χ1n) is 3.55. The van der Waals surface area contributed by atoms with Crippen LogP contribution in [0.15, 0.2) is 18.5 Å². The second kappa shape index (κ2) is 3.40. The van der Waals surface area contributed by atoms with Crippen molar-refractivity contribution in [1.29, 1.82) is 0 Å². The molecule has 0 atom stereocenters. The van der Waals surface area contributed by atoms with Crippen LogP contribution in [-0.4, -0.2) is 16.5 Å². The Balaban J connectivity index is 2.33. The third-order valence-corrected chi connectivity index (χ3v) is 1.94. The van der Waals surface area contributed by atoms with Crippen LogP contribution in [0, 0.1) is 0 Å². The summed E-state index contributed by atoms with van der Waals surface area (Å²) in [5.41, 5.74) is 0. The SMILES string of the molecule is Clc1ncc(Cl)c(N2CC=CO2)n1. The van der Waals surface area contributed by atoms with Gasteiger partial charge in [-0.2, -0.15) is 10.0 Å². The van der Waals surface area contributed by atoms with Crippen LogP contribution in [0.2, 0.25) is 10.3 Å². The van der Waals surface area contributed by atoms with E-state index in [0.29, 0.717) is 17.4 Å². The molecule has 2 heterocycles. The topological polar surface area (TPSA) is 38.2 Å². The Labute approximate surface area is 84.7 Å². The Kier molecular flexibility index (Phi) is 2.24. The van der Waals surface area contributed by atoms with E-state index in [1.807, 2.05) is 6.08 Å². The first kappa shape index (κ1) is 8.59. The maximum atomic E-state index is 5.84. The van der Waals surface area contributed by atoms with Gasteiger partial charge in [-0.1, -0.05) is 11.6 Å². The van der Waals surface area contributed by atoms with Crippen molar-refractivity contribution < 1.29 is 4.84 Å². The lowest BCUT2D eigenvalue weighted by molar-refractivity contribution is 0.244. The number of hydroxylamine groups is 1. The second-order valence-electron chi connectivity index (χ2n) is 2.35. The quantitative estimate of drug-likeness (QED) is 0.676. The molecule has 0 radical (unpaired) electrons. The molecule has 1 aliphatic heterocycles. The molecule has 1 aromatic rings. The summed E-state index contributed by atoms with van der Waals surface area (Å²) in [5.74, 6) is 0.478. The highest BCUT2D eigenvalue weighted by atomic mass is 35.5. The van der Waals surface area contributed by atoms with Gasteiger partial charge in [0.2, 0.25) is 5.28 Å². The number of anilines is 1. The number of aromatic nitrogens is 2. The minimum Gasteiger partial charge on any atom is -0.386 e. The lowest BCUT2D eigenvalue weighted by Gasteiger charge is -2.15. The zero-order valence-electron chi connectivity index (χ0n) is 6.44. The van der Waals surface area contributed by atoms with Crippen molar-refractivity contribution in [3.8, 4) is 0 Å². The Morgan fingerprint density at radius 3 is 3.00 bits per heavy atom. The number of rotatable bonds is 1. The summed E-state index contributed by atoms with van der Waals surface area (Å²) in [7, 11) is 0. The van der Waals surface area contributed by atoms with Crippen molar-refractivity contribution in [2.45, 2.75) is 0 Å². The first-order valence-corrected chi connectivity index (χ1v) is 4.30. The number of hydrogen-bond donors (Lipinski definition) is 0. The number of hydrogen-bond acceptors (Lipinski definition) is 4. The summed E-state index contributed by atoms with van der Waals surface area (Å²) in [6, 6.07) is 0. The first-order chi connectivity index (χ1) is 6.27. The molecular weight excluding hydrogens is 213 g/mol. The van der Waals surface area contributed by atoms with E-state index in [2.05, 4.69) is 9.97 Å². The van der Waals surface area contributed by atoms with Crippen LogP contribution in [-0.2, 0) is 4.84 Å². The third-order valence-electron chi connectivity index (χ3n) is 1.49. The average molecular weight is 218 g/mol. The summed E-state index contributed by atoms with van der Waals surface area (Å²) < 4.78 is 0. The third kappa shape index (κ3) is 1.68. The Morgan fingerprint density at radius 2 is 2.31 bits per heavy atom. The van der Waals surface area contributed by atoms with Crippen molar-refractivity contribution in [3.63, 3.8) is 0 Å². The molecule has 0 saturated heterocycles. The lowest BCUT2D eigenvalue weighted by Crippen LogP contribution is -2.18. The van der Waals surface area contributed by atoms with Gasteiger partial charge in [-0.25, -0.2) is 4.98 Å². The molecule has 68 valence electrons. The van der Waals surface area contributed by atoms with Crippen LogP contribution in [0.1, 0.15) is 0 Å². The Morgan fingerprint density at radius 1 is 1.46 bits per heavy atom. The molecule has 1 aliphatic rings. The van der Waals surface area contributed by atoms with Gasteiger partial charge in [0, 0.05) is 0 Å². The highest BCUT2D eigenvalue weighted by molar-refractivity contribution is 6.33. The van der Waals surface area contributed by atoms with Gasteiger partial charge >= 0.3 is 0 Å². The molecule has 4 nitrogen and oxygen atoms in total. The molecule has 0 amide bonds. The van der Waals surface area contributed by atoms with Crippen molar-refractivity contribution in [2.75, 3.05) is 11.6 Å². The molecule has 0 saturated carbocycles. The van der Waals surface area contributed by atoms with Crippen molar-refractivity contribution in [1.82, 2.24) is 9.97 Å². The summed E-state index contributed by atoms with van der Waals surface area (Å²) in [6.45, 7) is 0.604. The maximum absolute atomic E-state index is 5.84. The molecule has 0 aliphatic carbocycles. The highest BCUT2D eigenvalue weighted by Crippen LogP contribution is 2.25. The lowest BCUT2D eigenvalue weighted by atomic mass is 10.5. The van der Waals surface area contributed by atoms with Crippen LogP contribution in [0.3, 0.4) is 0 Å². The number of halogens is 2. The van der Waals surface area contributed by atoms with Gasteiger partial charge in [0.15, 0.2) is 5.82 Å². The van der Waals surface area contributed by atoms with E-state index < -0.39 is 0 Å². The predicted molar refractivity (Wildman–Crippen MR) is 49.6 cm³/mol. The minimum atomic E-state index is 0.148. The van der Waals surface area contributed by atoms with Crippen LogP contribution in [0.25, 0.3) is 0 Å². The molecule has 0 fully saturated rings. The smallest absolute Gasteiger partial charge is 0.224 e. The van der Waals surface area contributed by atoms with Gasteiger partial charge in [0.25, 0.3) is 0 Å². The molecule has 0 unspecified atom stereocenters. The highest BCUT2D eigenvalue weighted by Gasteiger charge is 2.15. The normalized spacial score (nSPS) is 14.8. The van der Waals surface area contributed by atoms with Crippen LogP contribution in [0.4, 0.5) is 5.82 Å². The van der Waals surface area contributed by atoms with Crippen molar-refractivity contribution in [2.24, 2.45) is 0 Å². The van der Waals surface area contributed by atoms with E-state index in [-0.39, 0.29) is 5.28 Å². The van der Waals surface area contributed by atoms with Gasteiger partial charge in [-0.05, 0) is 17.7 Å². The zero-order valence-corrected chi connectivity index (χ0v) is 7.96. The van der Waals surface area contributed by atoms with Crippen molar-refractivity contribution in [3.05, 3.63) is 28.8 Å². The summed E-state index contributed by atoms with van der Waals surface area (Å²) in [5, 5.41) is 2.08. The summed E-state index contributed by atoms with van der Waals surface area (Å²) >= 11 is 11.5. The molecule has 0 N–H and O–H groups in total. The molecule has 0 bridgehead atoms. The fraction of sp³-hybridized carbons (Fsp3) is 0.143. The van der Waals surface area contributed by atoms with E-state index in [9.17, 15) is 0 Å². The molecular formula is C7H5Cl2N3O. The van der Waals surface area contributed by atoms with Crippen molar-refractivity contribution >= 4 is 29.0 Å². The van der Waals surface area contributed by atoms with Crippen LogP contribution in [0.5, 0.6) is 0 Å². The van der Waals surface area contributed by atoms with E-state index in [0.717, 1.165) is 0 Å². The second-order valence-corrected chi connectivity index (χ2v) is 3.09. The predicted octanol–water partition coefficient (Wildman–Crippen LogP) is 2.05. The summed E-state index contributed by atoms with van der Waals surface area (Å²) in [4.78, 5) is 12.8. The molecule has 2 rings (SSSR count). The minimum absolute atomic E-state index is 0.148. The van der Waals surface area contributed by atoms with Gasteiger partial charge < -0.3 is 4.84 Å². The van der Waals surface area contributed by atoms with Gasteiger partial charge in [0.05, 0.1) is 12.7 Å². The Hall–Kier alpha value is -1.00. The fourth-order valence-corrected chi connectivity index (χ4v) is 1.26.